The monoisotopic (exact) mass is 371 g/mol. The third-order valence-corrected chi connectivity index (χ3v) is 5.36. The number of ether oxygens (including phenoxy) is 2. The predicted molar refractivity (Wildman–Crippen MR) is 94.4 cm³/mol. The van der Waals surface area contributed by atoms with Crippen LogP contribution in [0.15, 0.2) is 18.2 Å². The van der Waals surface area contributed by atoms with E-state index in [1.807, 2.05) is 6.07 Å². The van der Waals surface area contributed by atoms with Gasteiger partial charge in [0.25, 0.3) is 0 Å². The molecule has 1 atom stereocenters. The van der Waals surface area contributed by atoms with Crippen molar-refractivity contribution in [2.24, 2.45) is 0 Å². The molecule has 2 N–H and O–H groups in total. The van der Waals surface area contributed by atoms with Crippen LogP contribution in [-0.4, -0.2) is 58.4 Å². The third-order valence-electron chi connectivity index (χ3n) is 4.09. The number of hydrogen-bond donors (Lipinski definition) is 2. The summed E-state index contributed by atoms with van der Waals surface area (Å²) in [7, 11) is -0.112. The first-order chi connectivity index (χ1) is 11.8. The summed E-state index contributed by atoms with van der Waals surface area (Å²) in [5.41, 5.74) is 0.870. The van der Waals surface area contributed by atoms with Gasteiger partial charge < -0.3 is 20.1 Å². The summed E-state index contributed by atoms with van der Waals surface area (Å²) in [4.78, 5) is 12.1. The SMILES string of the molecule is COc1ccc(CNC(=O)NC2CCCN(S(C)(=O)=O)C2)cc1OC. The summed E-state index contributed by atoms with van der Waals surface area (Å²) < 4.78 is 35.0. The van der Waals surface area contributed by atoms with Crippen LogP contribution in [0.1, 0.15) is 18.4 Å². The van der Waals surface area contributed by atoms with Gasteiger partial charge in [0, 0.05) is 25.7 Å². The second-order valence-electron chi connectivity index (χ2n) is 5.98. The van der Waals surface area contributed by atoms with Gasteiger partial charge in [-0.05, 0) is 30.5 Å². The van der Waals surface area contributed by atoms with Gasteiger partial charge in [-0.3, -0.25) is 0 Å². The second-order valence-corrected chi connectivity index (χ2v) is 7.96. The van der Waals surface area contributed by atoms with E-state index in [2.05, 4.69) is 10.6 Å². The summed E-state index contributed by atoms with van der Waals surface area (Å²) in [6, 6.07) is 4.90. The van der Waals surface area contributed by atoms with Crippen LogP contribution in [0.4, 0.5) is 4.79 Å². The Balaban J connectivity index is 1.86. The molecule has 1 fully saturated rings. The molecule has 1 unspecified atom stereocenters. The number of piperidine rings is 1. The van der Waals surface area contributed by atoms with Crippen LogP contribution in [0.25, 0.3) is 0 Å². The molecule has 0 saturated carbocycles. The van der Waals surface area contributed by atoms with Crippen LogP contribution in [0.5, 0.6) is 11.5 Å². The topological polar surface area (TPSA) is 97.0 Å². The van der Waals surface area contributed by atoms with E-state index in [9.17, 15) is 13.2 Å². The number of sulfonamides is 1. The van der Waals surface area contributed by atoms with Gasteiger partial charge in [-0.1, -0.05) is 6.07 Å². The molecule has 1 aliphatic heterocycles. The first kappa shape index (κ1) is 19.3. The Morgan fingerprint density at radius 3 is 2.64 bits per heavy atom. The average molecular weight is 371 g/mol. The van der Waals surface area contributed by atoms with E-state index in [4.69, 9.17) is 9.47 Å². The van der Waals surface area contributed by atoms with Gasteiger partial charge in [-0.2, -0.15) is 0 Å². The quantitative estimate of drug-likeness (QED) is 0.775. The van der Waals surface area contributed by atoms with Crippen LogP contribution in [0.2, 0.25) is 0 Å². The van der Waals surface area contributed by atoms with Crippen molar-refractivity contribution in [3.63, 3.8) is 0 Å². The van der Waals surface area contributed by atoms with Crippen molar-refractivity contribution in [3.8, 4) is 11.5 Å². The molecule has 1 aromatic carbocycles. The van der Waals surface area contributed by atoms with E-state index in [1.165, 1.54) is 10.6 Å². The van der Waals surface area contributed by atoms with Crippen molar-refractivity contribution in [1.82, 2.24) is 14.9 Å². The van der Waals surface area contributed by atoms with Crippen molar-refractivity contribution in [2.75, 3.05) is 33.6 Å². The number of carbonyl (C=O) groups is 1. The number of benzene rings is 1. The number of methoxy groups -OCH3 is 2. The molecule has 1 saturated heterocycles. The number of nitrogens with one attached hydrogen (secondary N) is 2. The Kier molecular flexibility index (Phi) is 6.49. The maximum atomic E-state index is 12.1. The second kappa shape index (κ2) is 8.39. The third kappa shape index (κ3) is 5.50. The molecule has 8 nitrogen and oxygen atoms in total. The Labute approximate surface area is 148 Å². The first-order valence-corrected chi connectivity index (χ1v) is 9.88. The summed E-state index contributed by atoms with van der Waals surface area (Å²) in [6.45, 7) is 1.14. The van der Waals surface area contributed by atoms with Crippen LogP contribution < -0.4 is 20.1 Å². The molecule has 0 bridgehead atoms. The predicted octanol–water partition coefficient (Wildman–Crippen LogP) is 0.927. The van der Waals surface area contributed by atoms with Gasteiger partial charge in [0.05, 0.1) is 20.5 Å². The molecule has 1 aliphatic rings. The van der Waals surface area contributed by atoms with Crippen LogP contribution in [-0.2, 0) is 16.6 Å². The Hall–Kier alpha value is -2.00. The molecule has 0 spiro atoms. The molecule has 2 amide bonds. The largest absolute Gasteiger partial charge is 0.493 e. The molecule has 0 aliphatic carbocycles. The minimum Gasteiger partial charge on any atom is -0.493 e. The highest BCUT2D eigenvalue weighted by Crippen LogP contribution is 2.27. The van der Waals surface area contributed by atoms with Crippen LogP contribution in [0.3, 0.4) is 0 Å². The Morgan fingerprint density at radius 1 is 1.28 bits per heavy atom. The lowest BCUT2D eigenvalue weighted by Crippen LogP contribution is -2.51. The van der Waals surface area contributed by atoms with Crippen LogP contribution >= 0.6 is 0 Å². The van der Waals surface area contributed by atoms with E-state index in [-0.39, 0.29) is 12.1 Å². The highest BCUT2D eigenvalue weighted by Gasteiger charge is 2.26. The smallest absolute Gasteiger partial charge is 0.315 e. The number of amides is 2. The van der Waals surface area contributed by atoms with Crippen molar-refractivity contribution < 1.29 is 22.7 Å². The minimum absolute atomic E-state index is 0.186. The molecule has 0 radical (unpaired) electrons. The van der Waals surface area contributed by atoms with Gasteiger partial charge in [-0.25, -0.2) is 17.5 Å². The van der Waals surface area contributed by atoms with E-state index >= 15 is 0 Å². The van der Waals surface area contributed by atoms with Gasteiger partial charge in [0.15, 0.2) is 11.5 Å². The normalized spacial score (nSPS) is 18.4. The van der Waals surface area contributed by atoms with Gasteiger partial charge >= 0.3 is 6.03 Å². The van der Waals surface area contributed by atoms with Gasteiger partial charge in [0.2, 0.25) is 10.0 Å². The van der Waals surface area contributed by atoms with E-state index in [1.54, 1.807) is 26.4 Å². The maximum Gasteiger partial charge on any atom is 0.315 e. The lowest BCUT2D eigenvalue weighted by molar-refractivity contribution is 0.225. The molecular weight excluding hydrogens is 346 g/mol. The molecule has 1 heterocycles. The zero-order valence-corrected chi connectivity index (χ0v) is 15.6. The van der Waals surface area contributed by atoms with E-state index < -0.39 is 10.0 Å². The van der Waals surface area contributed by atoms with Crippen molar-refractivity contribution >= 4 is 16.1 Å². The highest BCUT2D eigenvalue weighted by atomic mass is 32.2. The average Bonchev–Trinajstić information content (AvgIpc) is 2.59. The molecule has 2 rings (SSSR count). The van der Waals surface area contributed by atoms with Crippen molar-refractivity contribution in [1.29, 1.82) is 0 Å². The summed E-state index contributed by atoms with van der Waals surface area (Å²) in [5.74, 6) is 1.22. The number of nitrogens with zero attached hydrogens (tertiary/aromatic N) is 1. The fraction of sp³-hybridized carbons (Fsp3) is 0.562. The summed E-state index contributed by atoms with van der Waals surface area (Å²) >= 11 is 0. The molecule has 9 heteroatoms. The lowest BCUT2D eigenvalue weighted by Gasteiger charge is -2.31. The van der Waals surface area contributed by atoms with E-state index in [0.29, 0.717) is 31.1 Å². The molecule has 140 valence electrons. The zero-order valence-electron chi connectivity index (χ0n) is 14.7. The lowest BCUT2D eigenvalue weighted by atomic mass is 10.1. The first-order valence-electron chi connectivity index (χ1n) is 8.04. The van der Waals surface area contributed by atoms with Gasteiger partial charge in [0.1, 0.15) is 0 Å². The Morgan fingerprint density at radius 2 is 2.00 bits per heavy atom. The van der Waals surface area contributed by atoms with E-state index in [0.717, 1.165) is 18.4 Å². The fourth-order valence-electron chi connectivity index (χ4n) is 2.77. The highest BCUT2D eigenvalue weighted by molar-refractivity contribution is 7.88. The van der Waals surface area contributed by atoms with Crippen LogP contribution in [0, 0.1) is 0 Å². The fourth-order valence-corrected chi connectivity index (χ4v) is 3.68. The molecular formula is C16H25N3O5S. The number of rotatable bonds is 6. The summed E-state index contributed by atoms with van der Waals surface area (Å²) in [6.07, 6.45) is 2.68. The number of hydrogen-bond acceptors (Lipinski definition) is 5. The molecule has 0 aromatic heterocycles. The minimum atomic E-state index is -3.23. The maximum absolute atomic E-state index is 12.1. The zero-order chi connectivity index (χ0) is 18.4. The van der Waals surface area contributed by atoms with Crippen molar-refractivity contribution in [3.05, 3.63) is 23.8 Å². The van der Waals surface area contributed by atoms with Gasteiger partial charge in [-0.15, -0.1) is 0 Å². The Bertz CT molecular complexity index is 708. The molecule has 1 aromatic rings. The number of urea groups is 1. The van der Waals surface area contributed by atoms with Crippen molar-refractivity contribution in [2.45, 2.75) is 25.4 Å². The number of carbonyl (C=O) groups excluding carboxylic acids is 1. The molecule has 25 heavy (non-hydrogen) atoms. The standard InChI is InChI=1S/C16H25N3O5S/c1-23-14-7-6-12(9-15(14)24-2)10-17-16(20)18-13-5-4-8-19(11-13)25(3,21)22/h6-7,9,13H,4-5,8,10-11H2,1-3H3,(H2,17,18,20). The summed E-state index contributed by atoms with van der Waals surface area (Å²) in [5, 5.41) is 5.60.